The maximum atomic E-state index is 6.27. The van der Waals surface area contributed by atoms with E-state index < -0.39 is 0 Å². The zero-order chi connectivity index (χ0) is 22.2. The molecular weight excluding hydrogens is 436 g/mol. The van der Waals surface area contributed by atoms with E-state index in [-0.39, 0.29) is 5.41 Å². The lowest BCUT2D eigenvalue weighted by atomic mass is 9.97. The van der Waals surface area contributed by atoms with Gasteiger partial charge in [-0.15, -0.1) is 11.3 Å². The Morgan fingerprint density at radius 3 is 3.06 bits per heavy atom. The number of fused-ring (bicyclic) bond motifs is 3. The van der Waals surface area contributed by atoms with Gasteiger partial charge < -0.3 is 15.2 Å². The Morgan fingerprint density at radius 2 is 2.21 bits per heavy atom. The van der Waals surface area contributed by atoms with Crippen LogP contribution < -0.4 is 10.6 Å². The molecule has 1 saturated heterocycles. The fourth-order valence-corrected chi connectivity index (χ4v) is 6.37. The molecule has 3 unspecified atom stereocenters. The number of hydrogen-bond acceptors (Lipinski definition) is 9. The lowest BCUT2D eigenvalue weighted by molar-refractivity contribution is 0.379. The van der Waals surface area contributed by atoms with Crippen LogP contribution in [0.1, 0.15) is 17.9 Å². The first-order valence-electron chi connectivity index (χ1n) is 11.1. The molecule has 0 bridgehead atoms. The van der Waals surface area contributed by atoms with Crippen LogP contribution in [0.5, 0.6) is 0 Å². The van der Waals surface area contributed by atoms with Crippen LogP contribution in [0.2, 0.25) is 0 Å². The summed E-state index contributed by atoms with van der Waals surface area (Å²) in [6, 6.07) is 8.22. The van der Waals surface area contributed by atoms with Gasteiger partial charge >= 0.3 is 0 Å². The molecule has 7 rings (SSSR count). The van der Waals surface area contributed by atoms with E-state index in [1.165, 1.54) is 0 Å². The second-order valence-corrected chi connectivity index (χ2v) is 9.93. The first-order valence-corrected chi connectivity index (χ1v) is 12.0. The fourth-order valence-electron chi connectivity index (χ4n) is 5.71. The predicted octanol–water partition coefficient (Wildman–Crippen LogP) is 3.28. The topological polar surface area (TPSA) is 123 Å². The number of aryl methyl sites for hydroxylation is 1. The third-order valence-corrected chi connectivity index (χ3v) is 8.27. The van der Waals surface area contributed by atoms with E-state index >= 15 is 0 Å². The molecule has 2 aliphatic rings. The highest BCUT2D eigenvalue weighted by molar-refractivity contribution is 7.16. The van der Waals surface area contributed by atoms with E-state index in [1.54, 1.807) is 11.3 Å². The largest absolute Gasteiger partial charge is 0.361 e. The number of H-pyrrole nitrogens is 1. The average Bonchev–Trinajstić information content (AvgIpc) is 3.30. The fraction of sp³-hybridized carbons (Fsp3) is 0.348. The number of aromatic amines is 1. The molecule has 5 aromatic rings. The van der Waals surface area contributed by atoms with Crippen LogP contribution in [0.25, 0.3) is 32.6 Å². The van der Waals surface area contributed by atoms with Crippen LogP contribution in [0.15, 0.2) is 40.5 Å². The third kappa shape index (κ3) is 2.71. The van der Waals surface area contributed by atoms with Crippen molar-refractivity contribution in [3.8, 4) is 11.3 Å². The standard InChI is InChI=1S/C23H22N8OS/c1-12-6-18(30-32-12)23(10-24)14-4-5-31(9-15(14)23)19-8-25-21-20(28-29-22(21)27-19)13-2-3-17-16(7-13)26-11-33-17/h2-3,6-8,11,14-15H,4-5,9-10,24H2,1H3,(H,27,28,29). The maximum Gasteiger partial charge on any atom is 0.177 e. The average molecular weight is 459 g/mol. The molecule has 9 nitrogen and oxygen atoms in total. The van der Waals surface area contributed by atoms with Gasteiger partial charge in [0.15, 0.2) is 5.65 Å². The second kappa shape index (κ2) is 6.82. The Balaban J connectivity index is 1.18. The van der Waals surface area contributed by atoms with Crippen molar-refractivity contribution in [1.29, 1.82) is 0 Å². The Labute approximate surface area is 193 Å². The minimum absolute atomic E-state index is 0.0838. The zero-order valence-corrected chi connectivity index (χ0v) is 18.8. The Hall–Kier alpha value is -3.37. The molecule has 0 radical (unpaired) electrons. The van der Waals surface area contributed by atoms with Gasteiger partial charge in [0, 0.05) is 36.7 Å². The summed E-state index contributed by atoms with van der Waals surface area (Å²) in [6.45, 7) is 4.31. The number of benzene rings is 1. The van der Waals surface area contributed by atoms with Crippen LogP contribution in [0.4, 0.5) is 5.82 Å². The minimum atomic E-state index is -0.0838. The molecule has 1 aliphatic heterocycles. The predicted molar refractivity (Wildman–Crippen MR) is 126 cm³/mol. The maximum absolute atomic E-state index is 6.27. The molecule has 1 aliphatic carbocycles. The van der Waals surface area contributed by atoms with Crippen LogP contribution >= 0.6 is 11.3 Å². The Bertz CT molecular complexity index is 1500. The van der Waals surface area contributed by atoms with Crippen molar-refractivity contribution in [3.63, 3.8) is 0 Å². The number of nitrogens with one attached hydrogen (secondary N) is 1. The summed E-state index contributed by atoms with van der Waals surface area (Å²) in [5.74, 6) is 2.68. The summed E-state index contributed by atoms with van der Waals surface area (Å²) in [5, 5.41) is 11.9. The van der Waals surface area contributed by atoms with Crippen LogP contribution in [0.3, 0.4) is 0 Å². The Morgan fingerprint density at radius 1 is 1.27 bits per heavy atom. The SMILES string of the molecule is Cc1cc(C2(CN)C3CCN(c4cnc5c(-c6ccc7scnc7c6)n[nH]c5n4)CC32)no1. The lowest BCUT2D eigenvalue weighted by Gasteiger charge is -2.26. The summed E-state index contributed by atoms with van der Waals surface area (Å²) in [4.78, 5) is 16.3. The number of rotatable bonds is 4. The Kier molecular flexibility index (Phi) is 3.95. The normalized spacial score (nSPS) is 24.5. The van der Waals surface area contributed by atoms with Crippen LogP contribution in [0, 0.1) is 18.8 Å². The van der Waals surface area contributed by atoms with E-state index in [0.29, 0.717) is 24.0 Å². The van der Waals surface area contributed by atoms with Gasteiger partial charge in [-0.05, 0) is 37.3 Å². The van der Waals surface area contributed by atoms with Crippen molar-refractivity contribution in [3.05, 3.63) is 47.4 Å². The number of nitrogens with two attached hydrogens (primary N) is 1. The molecule has 10 heteroatoms. The van der Waals surface area contributed by atoms with E-state index in [1.807, 2.05) is 30.8 Å². The highest BCUT2D eigenvalue weighted by Crippen LogP contribution is 2.62. The van der Waals surface area contributed by atoms with Gasteiger partial charge in [0.1, 0.15) is 22.8 Å². The number of thiazole rings is 1. The molecule has 0 amide bonds. The number of hydrogen-bond donors (Lipinski definition) is 2. The molecule has 166 valence electrons. The molecule has 1 aromatic carbocycles. The van der Waals surface area contributed by atoms with Crippen molar-refractivity contribution >= 4 is 38.5 Å². The molecule has 2 fully saturated rings. The van der Waals surface area contributed by atoms with Gasteiger partial charge in [-0.25, -0.2) is 15.0 Å². The van der Waals surface area contributed by atoms with E-state index in [0.717, 1.165) is 63.8 Å². The van der Waals surface area contributed by atoms with E-state index in [9.17, 15) is 0 Å². The second-order valence-electron chi connectivity index (χ2n) is 9.05. The van der Waals surface area contributed by atoms with Crippen LogP contribution in [-0.2, 0) is 5.41 Å². The van der Waals surface area contributed by atoms with Crippen molar-refractivity contribution in [2.75, 3.05) is 24.5 Å². The first kappa shape index (κ1) is 19.1. The number of nitrogens with zero attached hydrogens (tertiary/aromatic N) is 6. The molecular formula is C23H22N8OS. The van der Waals surface area contributed by atoms with E-state index in [2.05, 4.69) is 37.4 Å². The summed E-state index contributed by atoms with van der Waals surface area (Å²) in [7, 11) is 0. The molecule has 5 heterocycles. The summed E-state index contributed by atoms with van der Waals surface area (Å²) >= 11 is 1.63. The summed E-state index contributed by atoms with van der Waals surface area (Å²) in [5.41, 5.74) is 13.2. The zero-order valence-electron chi connectivity index (χ0n) is 18.0. The first-order chi connectivity index (χ1) is 16.2. The monoisotopic (exact) mass is 458 g/mol. The van der Waals surface area contributed by atoms with Crippen molar-refractivity contribution in [2.45, 2.75) is 18.8 Å². The van der Waals surface area contributed by atoms with Crippen molar-refractivity contribution in [1.82, 2.24) is 30.3 Å². The van der Waals surface area contributed by atoms with Crippen molar-refractivity contribution < 1.29 is 4.52 Å². The quantitative estimate of drug-likeness (QED) is 0.421. The van der Waals surface area contributed by atoms with Crippen molar-refractivity contribution in [2.24, 2.45) is 17.6 Å². The number of piperidine rings is 1. The number of anilines is 1. The van der Waals surface area contributed by atoms with Gasteiger partial charge in [-0.3, -0.25) is 5.10 Å². The molecule has 3 N–H and O–H groups in total. The minimum Gasteiger partial charge on any atom is -0.361 e. The smallest absolute Gasteiger partial charge is 0.177 e. The highest BCUT2D eigenvalue weighted by Gasteiger charge is 2.67. The summed E-state index contributed by atoms with van der Waals surface area (Å²) in [6.07, 6.45) is 2.91. The molecule has 4 aromatic heterocycles. The molecule has 0 spiro atoms. The molecule has 1 saturated carbocycles. The van der Waals surface area contributed by atoms with Crippen LogP contribution in [-0.4, -0.2) is 49.9 Å². The van der Waals surface area contributed by atoms with Gasteiger partial charge in [0.05, 0.1) is 27.6 Å². The summed E-state index contributed by atoms with van der Waals surface area (Å²) < 4.78 is 6.52. The third-order valence-electron chi connectivity index (χ3n) is 7.46. The number of aromatic nitrogens is 6. The van der Waals surface area contributed by atoms with Gasteiger partial charge in [-0.1, -0.05) is 11.2 Å². The van der Waals surface area contributed by atoms with Gasteiger partial charge in [0.25, 0.3) is 0 Å². The van der Waals surface area contributed by atoms with Gasteiger partial charge in [0.2, 0.25) is 0 Å². The molecule has 3 atom stereocenters. The van der Waals surface area contributed by atoms with E-state index in [4.69, 9.17) is 20.2 Å². The lowest BCUT2D eigenvalue weighted by Crippen LogP contribution is -2.32. The highest BCUT2D eigenvalue weighted by atomic mass is 32.1. The molecule has 33 heavy (non-hydrogen) atoms. The van der Waals surface area contributed by atoms with Gasteiger partial charge in [-0.2, -0.15) is 5.10 Å².